The van der Waals surface area contributed by atoms with Gasteiger partial charge >= 0.3 is 0 Å². The summed E-state index contributed by atoms with van der Waals surface area (Å²) in [4.78, 5) is 12.0. The third-order valence-corrected chi connectivity index (χ3v) is 3.13. The summed E-state index contributed by atoms with van der Waals surface area (Å²) in [5.74, 6) is -0.439. The van der Waals surface area contributed by atoms with E-state index in [0.29, 0.717) is 15.2 Å². The van der Waals surface area contributed by atoms with Gasteiger partial charge in [0.15, 0.2) is 0 Å². The van der Waals surface area contributed by atoms with Crippen LogP contribution in [0.2, 0.25) is 5.02 Å². The smallest absolute Gasteiger partial charge is 0.275 e. The second kappa shape index (κ2) is 4.99. The number of nitrogens with one attached hydrogen (secondary N) is 1. The minimum atomic E-state index is -0.389. The number of hydrogen-bond donors (Lipinski definition) is 2. The summed E-state index contributed by atoms with van der Waals surface area (Å²) in [6.45, 7) is 0. The number of amides is 1. The third kappa shape index (κ3) is 2.49. The van der Waals surface area contributed by atoms with Crippen molar-refractivity contribution in [3.05, 3.63) is 39.6 Å². The number of carbonyl (C=O) groups excluding carboxylic acids is 1. The van der Waals surface area contributed by atoms with Crippen molar-refractivity contribution >= 4 is 39.1 Å². The van der Waals surface area contributed by atoms with Crippen molar-refractivity contribution in [2.75, 3.05) is 5.32 Å². The second-order valence-electron chi connectivity index (χ2n) is 3.58. The molecule has 94 valence electrons. The first-order chi connectivity index (χ1) is 8.49. The Kier molecular flexibility index (Phi) is 3.58. The number of phenols is 1. The number of hydrogen-bond acceptors (Lipinski definition) is 3. The third-order valence-electron chi connectivity index (χ3n) is 2.32. The van der Waals surface area contributed by atoms with Gasteiger partial charge in [-0.25, -0.2) is 0 Å². The Balaban J connectivity index is 2.30. The lowest BCUT2D eigenvalue weighted by atomic mass is 10.3. The number of rotatable bonds is 2. The van der Waals surface area contributed by atoms with Crippen molar-refractivity contribution in [3.8, 4) is 5.75 Å². The molecule has 0 aliphatic carbocycles. The maximum Gasteiger partial charge on any atom is 0.275 e. The summed E-state index contributed by atoms with van der Waals surface area (Å²) in [7, 11) is 1.65. The van der Waals surface area contributed by atoms with Crippen LogP contribution >= 0.6 is 27.5 Å². The Bertz CT molecular complexity index is 593. The molecular formula is C11H9BrClN3O2. The van der Waals surface area contributed by atoms with Gasteiger partial charge in [0.2, 0.25) is 0 Å². The summed E-state index contributed by atoms with van der Waals surface area (Å²) in [5, 5.41) is 16.5. The van der Waals surface area contributed by atoms with Gasteiger partial charge in [-0.05, 0) is 34.1 Å². The maximum atomic E-state index is 12.0. The lowest BCUT2D eigenvalue weighted by Crippen LogP contribution is -2.16. The monoisotopic (exact) mass is 329 g/mol. The Labute approximate surface area is 117 Å². The summed E-state index contributed by atoms with van der Waals surface area (Å²) < 4.78 is 2.00. The number of carbonyl (C=O) groups is 1. The SMILES string of the molecule is Cn1ncc(Br)c1C(=O)Nc1cc(Cl)ccc1O. The molecule has 0 unspecified atom stereocenters. The predicted molar refractivity (Wildman–Crippen MR) is 72.0 cm³/mol. The van der Waals surface area contributed by atoms with E-state index in [1.807, 2.05) is 0 Å². The van der Waals surface area contributed by atoms with E-state index in [9.17, 15) is 9.90 Å². The molecule has 0 radical (unpaired) electrons. The Morgan fingerprint density at radius 1 is 1.56 bits per heavy atom. The fraction of sp³-hybridized carbons (Fsp3) is 0.0909. The zero-order valence-electron chi connectivity index (χ0n) is 9.32. The van der Waals surface area contributed by atoms with Crippen LogP contribution < -0.4 is 5.32 Å². The zero-order valence-corrected chi connectivity index (χ0v) is 11.7. The number of aryl methyl sites for hydroxylation is 1. The van der Waals surface area contributed by atoms with Gasteiger partial charge in [-0.15, -0.1) is 0 Å². The minimum absolute atomic E-state index is 0.0500. The largest absolute Gasteiger partial charge is 0.506 e. The first-order valence-electron chi connectivity index (χ1n) is 4.96. The molecule has 7 heteroatoms. The molecule has 18 heavy (non-hydrogen) atoms. The van der Waals surface area contributed by atoms with Gasteiger partial charge in [-0.1, -0.05) is 11.6 Å². The highest BCUT2D eigenvalue weighted by atomic mass is 79.9. The highest BCUT2D eigenvalue weighted by Crippen LogP contribution is 2.27. The topological polar surface area (TPSA) is 67.2 Å². The maximum absolute atomic E-state index is 12.0. The normalized spacial score (nSPS) is 10.4. The molecule has 0 atom stereocenters. The lowest BCUT2D eigenvalue weighted by Gasteiger charge is -2.08. The number of anilines is 1. The van der Waals surface area contributed by atoms with Gasteiger partial charge in [-0.3, -0.25) is 9.48 Å². The van der Waals surface area contributed by atoms with Crippen LogP contribution in [-0.4, -0.2) is 20.8 Å². The van der Waals surface area contributed by atoms with Crippen LogP contribution in [0, 0.1) is 0 Å². The quantitative estimate of drug-likeness (QED) is 0.832. The standard InChI is InChI=1S/C11H9BrClN3O2/c1-16-10(7(12)5-14-16)11(18)15-8-4-6(13)2-3-9(8)17/h2-5,17H,1H3,(H,15,18). The van der Waals surface area contributed by atoms with E-state index in [-0.39, 0.29) is 17.3 Å². The van der Waals surface area contributed by atoms with Gasteiger partial charge in [-0.2, -0.15) is 5.10 Å². The minimum Gasteiger partial charge on any atom is -0.506 e. The summed E-state index contributed by atoms with van der Waals surface area (Å²) in [6, 6.07) is 4.42. The van der Waals surface area contributed by atoms with Crippen molar-refractivity contribution in [3.63, 3.8) is 0 Å². The van der Waals surface area contributed by atoms with Crippen LogP contribution in [0.4, 0.5) is 5.69 Å². The fourth-order valence-electron chi connectivity index (χ4n) is 1.46. The number of phenolic OH excluding ortho intramolecular Hbond substituents is 1. The van der Waals surface area contributed by atoms with Gasteiger partial charge < -0.3 is 10.4 Å². The van der Waals surface area contributed by atoms with E-state index in [0.717, 1.165) is 0 Å². The fourth-order valence-corrected chi connectivity index (χ4v) is 2.16. The van der Waals surface area contributed by atoms with Crippen molar-refractivity contribution in [1.29, 1.82) is 0 Å². The van der Waals surface area contributed by atoms with E-state index in [1.165, 1.54) is 29.1 Å². The second-order valence-corrected chi connectivity index (χ2v) is 4.87. The summed E-state index contributed by atoms with van der Waals surface area (Å²) >= 11 is 9.03. The number of halogens is 2. The molecule has 0 spiro atoms. The van der Waals surface area contributed by atoms with E-state index >= 15 is 0 Å². The van der Waals surface area contributed by atoms with Gasteiger partial charge in [0.05, 0.1) is 16.4 Å². The van der Waals surface area contributed by atoms with Crippen LogP contribution in [0.15, 0.2) is 28.9 Å². The molecule has 2 aromatic rings. The van der Waals surface area contributed by atoms with Crippen LogP contribution in [0.25, 0.3) is 0 Å². The van der Waals surface area contributed by atoms with Gasteiger partial charge in [0.25, 0.3) is 5.91 Å². The molecule has 1 amide bonds. The van der Waals surface area contributed by atoms with Crippen molar-refractivity contribution in [2.24, 2.45) is 7.05 Å². The number of aromatic hydroxyl groups is 1. The van der Waals surface area contributed by atoms with Crippen molar-refractivity contribution in [2.45, 2.75) is 0 Å². The molecule has 0 aliphatic rings. The van der Waals surface area contributed by atoms with Crippen molar-refractivity contribution in [1.82, 2.24) is 9.78 Å². The van der Waals surface area contributed by atoms with Crippen LogP contribution in [-0.2, 0) is 7.05 Å². The number of benzene rings is 1. The van der Waals surface area contributed by atoms with Crippen LogP contribution in [0.1, 0.15) is 10.5 Å². The Hall–Kier alpha value is -1.53. The first-order valence-corrected chi connectivity index (χ1v) is 6.13. The number of aromatic nitrogens is 2. The molecule has 2 N–H and O–H groups in total. The van der Waals surface area contributed by atoms with E-state index in [1.54, 1.807) is 7.05 Å². The lowest BCUT2D eigenvalue weighted by molar-refractivity contribution is 0.101. The molecule has 0 saturated heterocycles. The van der Waals surface area contributed by atoms with Crippen LogP contribution in [0.5, 0.6) is 5.75 Å². The van der Waals surface area contributed by atoms with E-state index in [2.05, 4.69) is 26.3 Å². The first kappa shape index (κ1) is 12.9. The van der Waals surface area contributed by atoms with Crippen molar-refractivity contribution < 1.29 is 9.90 Å². The molecule has 0 saturated carbocycles. The summed E-state index contributed by atoms with van der Waals surface area (Å²) in [5.41, 5.74) is 0.606. The molecule has 0 aliphatic heterocycles. The van der Waals surface area contributed by atoms with E-state index in [4.69, 9.17) is 11.6 Å². The molecule has 0 fully saturated rings. The average molecular weight is 331 g/mol. The molecular weight excluding hydrogens is 321 g/mol. The van der Waals surface area contributed by atoms with Gasteiger partial charge in [0, 0.05) is 12.1 Å². The van der Waals surface area contributed by atoms with Crippen LogP contribution in [0.3, 0.4) is 0 Å². The molecule has 2 rings (SSSR count). The number of nitrogens with zero attached hydrogens (tertiary/aromatic N) is 2. The highest BCUT2D eigenvalue weighted by molar-refractivity contribution is 9.10. The summed E-state index contributed by atoms with van der Waals surface area (Å²) in [6.07, 6.45) is 1.52. The van der Waals surface area contributed by atoms with E-state index < -0.39 is 0 Å². The average Bonchev–Trinajstić information content (AvgIpc) is 2.63. The molecule has 1 heterocycles. The predicted octanol–water partition coefficient (Wildman–Crippen LogP) is 2.79. The van der Waals surface area contributed by atoms with Gasteiger partial charge in [0.1, 0.15) is 11.4 Å². The Morgan fingerprint density at radius 2 is 2.28 bits per heavy atom. The Morgan fingerprint density at radius 3 is 2.89 bits per heavy atom. The highest BCUT2D eigenvalue weighted by Gasteiger charge is 2.16. The molecule has 5 nitrogen and oxygen atoms in total. The molecule has 0 bridgehead atoms. The molecule has 1 aromatic heterocycles. The molecule has 1 aromatic carbocycles. The zero-order chi connectivity index (χ0) is 13.3.